The van der Waals surface area contributed by atoms with E-state index >= 15 is 0 Å². The van der Waals surface area contributed by atoms with Crippen LogP contribution < -0.4 is 11.1 Å². The molecule has 0 aromatic heterocycles. The second kappa shape index (κ2) is 5.31. The Morgan fingerprint density at radius 3 is 2.87 bits per heavy atom. The summed E-state index contributed by atoms with van der Waals surface area (Å²) >= 11 is 0. The van der Waals surface area contributed by atoms with Crippen LogP contribution in [0.2, 0.25) is 0 Å². The SMILES string of the molecule is CCCC1CC1NCC1CCCC(N)C1. The molecule has 2 saturated carbocycles. The maximum Gasteiger partial charge on any atom is 0.00992 e. The quantitative estimate of drug-likeness (QED) is 0.730. The molecule has 0 radical (unpaired) electrons. The zero-order valence-corrected chi connectivity index (χ0v) is 10.0. The third-order valence-corrected chi connectivity index (χ3v) is 4.07. The molecule has 3 N–H and O–H groups in total. The van der Waals surface area contributed by atoms with Crippen LogP contribution in [0.1, 0.15) is 51.9 Å². The van der Waals surface area contributed by atoms with Gasteiger partial charge in [-0.2, -0.15) is 0 Å². The zero-order valence-electron chi connectivity index (χ0n) is 10.0. The molecule has 88 valence electrons. The topological polar surface area (TPSA) is 38.0 Å². The van der Waals surface area contributed by atoms with Crippen molar-refractivity contribution in [2.45, 2.75) is 64.0 Å². The first-order valence-corrected chi connectivity index (χ1v) is 6.78. The molecule has 0 heterocycles. The van der Waals surface area contributed by atoms with Gasteiger partial charge in [0.15, 0.2) is 0 Å². The van der Waals surface area contributed by atoms with Crippen molar-refractivity contribution in [2.24, 2.45) is 17.6 Å². The molecule has 15 heavy (non-hydrogen) atoms. The van der Waals surface area contributed by atoms with E-state index in [-0.39, 0.29) is 0 Å². The first-order chi connectivity index (χ1) is 7.29. The first kappa shape index (κ1) is 11.4. The molecular weight excluding hydrogens is 184 g/mol. The van der Waals surface area contributed by atoms with E-state index < -0.39 is 0 Å². The number of nitrogens with two attached hydrogens (primary N) is 1. The van der Waals surface area contributed by atoms with Crippen molar-refractivity contribution in [1.82, 2.24) is 5.32 Å². The number of rotatable bonds is 5. The van der Waals surface area contributed by atoms with E-state index in [1.54, 1.807) is 0 Å². The summed E-state index contributed by atoms with van der Waals surface area (Å²) in [6.45, 7) is 3.51. The Balaban J connectivity index is 1.58. The highest BCUT2D eigenvalue weighted by molar-refractivity contribution is 4.93. The molecular formula is C13H26N2. The van der Waals surface area contributed by atoms with E-state index in [0.717, 1.165) is 17.9 Å². The summed E-state index contributed by atoms with van der Waals surface area (Å²) in [5.41, 5.74) is 5.99. The summed E-state index contributed by atoms with van der Waals surface area (Å²) in [6, 6.07) is 1.33. The van der Waals surface area contributed by atoms with E-state index in [4.69, 9.17) is 5.73 Å². The molecule has 4 atom stereocenters. The van der Waals surface area contributed by atoms with Gasteiger partial charge in [-0.25, -0.2) is 0 Å². The van der Waals surface area contributed by atoms with Crippen molar-refractivity contribution < 1.29 is 0 Å². The van der Waals surface area contributed by atoms with Gasteiger partial charge in [-0.15, -0.1) is 0 Å². The van der Waals surface area contributed by atoms with E-state index in [1.165, 1.54) is 51.5 Å². The second-order valence-corrected chi connectivity index (χ2v) is 5.59. The van der Waals surface area contributed by atoms with E-state index in [9.17, 15) is 0 Å². The monoisotopic (exact) mass is 210 g/mol. The lowest BCUT2D eigenvalue weighted by atomic mass is 9.86. The van der Waals surface area contributed by atoms with Gasteiger partial charge in [-0.3, -0.25) is 0 Å². The van der Waals surface area contributed by atoms with Crippen molar-refractivity contribution in [3.05, 3.63) is 0 Å². The minimum Gasteiger partial charge on any atom is -0.328 e. The maximum atomic E-state index is 5.99. The average molecular weight is 210 g/mol. The van der Waals surface area contributed by atoms with Crippen molar-refractivity contribution >= 4 is 0 Å². The Labute approximate surface area is 94.0 Å². The first-order valence-electron chi connectivity index (χ1n) is 6.78. The summed E-state index contributed by atoms with van der Waals surface area (Å²) in [4.78, 5) is 0. The molecule has 4 unspecified atom stereocenters. The van der Waals surface area contributed by atoms with Gasteiger partial charge < -0.3 is 11.1 Å². The van der Waals surface area contributed by atoms with E-state index in [2.05, 4.69) is 12.2 Å². The molecule has 2 heteroatoms. The van der Waals surface area contributed by atoms with Crippen LogP contribution in [0.3, 0.4) is 0 Å². The maximum absolute atomic E-state index is 5.99. The van der Waals surface area contributed by atoms with Crippen molar-refractivity contribution in [3.8, 4) is 0 Å². The molecule has 0 aliphatic heterocycles. The van der Waals surface area contributed by atoms with Crippen molar-refractivity contribution in [3.63, 3.8) is 0 Å². The number of hydrogen-bond donors (Lipinski definition) is 2. The average Bonchev–Trinajstić information content (AvgIpc) is 2.95. The van der Waals surface area contributed by atoms with Crippen LogP contribution >= 0.6 is 0 Å². The highest BCUT2D eigenvalue weighted by Gasteiger charge is 2.35. The molecule has 0 saturated heterocycles. The summed E-state index contributed by atoms with van der Waals surface area (Å²) in [6.07, 6.45) is 9.42. The number of nitrogens with one attached hydrogen (secondary N) is 1. The lowest BCUT2D eigenvalue weighted by Gasteiger charge is -2.26. The fourth-order valence-corrected chi connectivity index (χ4v) is 3.02. The Morgan fingerprint density at radius 2 is 2.13 bits per heavy atom. The normalized spacial score (nSPS) is 40.4. The molecule has 2 fully saturated rings. The Bertz CT molecular complexity index is 193. The zero-order chi connectivity index (χ0) is 10.7. The van der Waals surface area contributed by atoms with Crippen molar-refractivity contribution in [1.29, 1.82) is 0 Å². The third-order valence-electron chi connectivity index (χ3n) is 4.07. The van der Waals surface area contributed by atoms with E-state index in [1.807, 2.05) is 0 Å². The molecule has 0 aromatic carbocycles. The third kappa shape index (κ3) is 3.46. The molecule has 0 amide bonds. The van der Waals surface area contributed by atoms with Crippen LogP contribution in [0.5, 0.6) is 0 Å². The van der Waals surface area contributed by atoms with Crippen LogP contribution in [0.15, 0.2) is 0 Å². The van der Waals surface area contributed by atoms with Crippen LogP contribution in [0, 0.1) is 11.8 Å². The van der Waals surface area contributed by atoms with Gasteiger partial charge in [-0.1, -0.05) is 19.8 Å². The fourth-order valence-electron chi connectivity index (χ4n) is 3.02. The summed E-state index contributed by atoms with van der Waals surface area (Å²) in [5.74, 6) is 1.85. The summed E-state index contributed by atoms with van der Waals surface area (Å²) < 4.78 is 0. The van der Waals surface area contributed by atoms with Gasteiger partial charge in [0, 0.05) is 12.1 Å². The van der Waals surface area contributed by atoms with Gasteiger partial charge in [-0.05, 0) is 50.5 Å². The predicted octanol–water partition coefficient (Wildman–Crippen LogP) is 2.28. The van der Waals surface area contributed by atoms with Gasteiger partial charge in [0.05, 0.1) is 0 Å². The van der Waals surface area contributed by atoms with Crippen LogP contribution in [-0.2, 0) is 0 Å². The van der Waals surface area contributed by atoms with Crippen LogP contribution in [0.4, 0.5) is 0 Å². The van der Waals surface area contributed by atoms with Gasteiger partial charge in [0.2, 0.25) is 0 Å². The molecule has 0 bridgehead atoms. The fraction of sp³-hybridized carbons (Fsp3) is 1.00. The smallest absolute Gasteiger partial charge is 0.00992 e. The van der Waals surface area contributed by atoms with E-state index in [0.29, 0.717) is 6.04 Å². The second-order valence-electron chi connectivity index (χ2n) is 5.59. The van der Waals surface area contributed by atoms with Crippen LogP contribution in [-0.4, -0.2) is 18.6 Å². The van der Waals surface area contributed by atoms with Gasteiger partial charge in [0.1, 0.15) is 0 Å². The minimum absolute atomic E-state index is 0.483. The highest BCUT2D eigenvalue weighted by atomic mass is 15.0. The Kier molecular flexibility index (Phi) is 4.04. The lowest BCUT2D eigenvalue weighted by molar-refractivity contribution is 0.308. The predicted molar refractivity (Wildman–Crippen MR) is 64.7 cm³/mol. The largest absolute Gasteiger partial charge is 0.328 e. The molecule has 2 nitrogen and oxygen atoms in total. The standard InChI is InChI=1S/C13H26N2/c1-2-4-11-8-13(11)15-9-10-5-3-6-12(14)7-10/h10-13,15H,2-9,14H2,1H3. The Morgan fingerprint density at radius 1 is 1.27 bits per heavy atom. The lowest BCUT2D eigenvalue weighted by Crippen LogP contribution is -2.34. The minimum atomic E-state index is 0.483. The summed E-state index contributed by atoms with van der Waals surface area (Å²) in [7, 11) is 0. The van der Waals surface area contributed by atoms with Crippen molar-refractivity contribution in [2.75, 3.05) is 6.54 Å². The molecule has 0 spiro atoms. The molecule has 2 aliphatic rings. The Hall–Kier alpha value is -0.0800. The molecule has 2 rings (SSSR count). The van der Waals surface area contributed by atoms with Crippen LogP contribution in [0.25, 0.3) is 0 Å². The summed E-state index contributed by atoms with van der Waals surface area (Å²) in [5, 5.41) is 3.73. The molecule has 0 aromatic rings. The highest BCUT2D eigenvalue weighted by Crippen LogP contribution is 2.35. The number of hydrogen-bond acceptors (Lipinski definition) is 2. The van der Waals surface area contributed by atoms with Gasteiger partial charge in [0.25, 0.3) is 0 Å². The van der Waals surface area contributed by atoms with Gasteiger partial charge >= 0.3 is 0 Å². The molecule has 2 aliphatic carbocycles.